The van der Waals surface area contributed by atoms with E-state index in [1.54, 1.807) is 0 Å². The van der Waals surface area contributed by atoms with Gasteiger partial charge in [-0.2, -0.15) is 0 Å². The first kappa shape index (κ1) is 7.39. The van der Waals surface area contributed by atoms with E-state index in [9.17, 15) is 0 Å². The van der Waals surface area contributed by atoms with Crippen LogP contribution in [0, 0.1) is 5.41 Å². The number of hydrogen-bond acceptors (Lipinski definition) is 1. The van der Waals surface area contributed by atoms with Crippen molar-refractivity contribution in [3.63, 3.8) is 0 Å². The van der Waals surface area contributed by atoms with Crippen molar-refractivity contribution in [2.24, 2.45) is 11.1 Å². The van der Waals surface area contributed by atoms with Crippen molar-refractivity contribution in [3.8, 4) is 0 Å². The van der Waals surface area contributed by atoms with E-state index in [4.69, 9.17) is 5.73 Å². The van der Waals surface area contributed by atoms with Crippen molar-refractivity contribution in [2.45, 2.75) is 26.6 Å². The van der Waals surface area contributed by atoms with Crippen LogP contribution in [-0.4, -0.2) is 5.78 Å². The highest BCUT2D eigenvalue weighted by Crippen LogP contribution is 2.20. The molecule has 0 spiro atoms. The molecule has 0 saturated carbocycles. The highest BCUT2D eigenvalue weighted by Gasteiger charge is 2.14. The minimum atomic E-state index is 0.215. The summed E-state index contributed by atoms with van der Waals surface area (Å²) in [5, 5.41) is 0. The van der Waals surface area contributed by atoms with Gasteiger partial charge >= 0.3 is 0 Å². The average molecular weight is 119 g/mol. The topological polar surface area (TPSA) is 26.0 Å². The van der Waals surface area contributed by atoms with E-state index in [0.717, 1.165) is 0 Å². The molecule has 0 aromatic rings. The summed E-state index contributed by atoms with van der Waals surface area (Å²) in [5.41, 5.74) is 5.77. The van der Waals surface area contributed by atoms with Crippen LogP contribution in [0.5, 0.6) is 0 Å². The molecule has 0 heterocycles. The highest BCUT2D eigenvalue weighted by molar-refractivity contribution is 7.17. The molecule has 2 unspecified atom stereocenters. The second-order valence-corrected chi connectivity index (χ2v) is 3.61. The maximum atomic E-state index is 5.53. The van der Waals surface area contributed by atoms with E-state index in [1.165, 1.54) is 0 Å². The summed E-state index contributed by atoms with van der Waals surface area (Å²) >= 11 is 0. The number of nitrogens with two attached hydrogens (primary N) is 1. The Bertz CT molecular complexity index is 53.6. The third-order valence-corrected chi connectivity index (χ3v) is 2.00. The van der Waals surface area contributed by atoms with Crippen molar-refractivity contribution in [2.75, 3.05) is 0 Å². The molecule has 0 bridgehead atoms. The van der Waals surface area contributed by atoms with Gasteiger partial charge in [-0.25, -0.2) is 0 Å². The minimum Gasteiger partial charge on any atom is -0.324 e. The third-order valence-electron chi connectivity index (χ3n) is 1.00. The maximum absolute atomic E-state index is 5.53. The Balaban J connectivity index is 3.54. The Hall–Kier alpha value is 0.390. The number of rotatable bonds is 0. The van der Waals surface area contributed by atoms with Crippen LogP contribution < -0.4 is 5.73 Å². The Morgan fingerprint density at radius 2 is 1.57 bits per heavy atom. The lowest BCUT2D eigenvalue weighted by Gasteiger charge is -2.22. The van der Waals surface area contributed by atoms with Gasteiger partial charge in [-0.3, -0.25) is 0 Å². The molecule has 7 heavy (non-hydrogen) atoms. The zero-order valence-corrected chi connectivity index (χ0v) is 6.39. The van der Waals surface area contributed by atoms with E-state index in [2.05, 4.69) is 30.0 Å². The molecule has 0 aromatic carbocycles. The van der Waals surface area contributed by atoms with Crippen LogP contribution in [0.2, 0.25) is 0 Å². The van der Waals surface area contributed by atoms with Crippen molar-refractivity contribution >= 4 is 9.24 Å². The van der Waals surface area contributed by atoms with Gasteiger partial charge < -0.3 is 5.73 Å². The summed E-state index contributed by atoms with van der Waals surface area (Å²) in [7, 11) is 2.58. The molecular formula is C5H14NP. The normalized spacial score (nSPS) is 16.7. The van der Waals surface area contributed by atoms with Gasteiger partial charge in [0.25, 0.3) is 0 Å². The molecule has 0 amide bonds. The SMILES string of the molecule is CC(C)(C)C(N)P. The molecule has 1 nitrogen and oxygen atoms in total. The van der Waals surface area contributed by atoms with Gasteiger partial charge in [0.2, 0.25) is 0 Å². The molecular weight excluding hydrogens is 105 g/mol. The summed E-state index contributed by atoms with van der Waals surface area (Å²) in [6, 6.07) is 0. The Kier molecular flexibility index (Phi) is 2.22. The maximum Gasteiger partial charge on any atom is 0.0233 e. The molecule has 44 valence electrons. The van der Waals surface area contributed by atoms with Gasteiger partial charge in [0, 0.05) is 5.78 Å². The fourth-order valence-corrected chi connectivity index (χ4v) is 0. The van der Waals surface area contributed by atoms with Gasteiger partial charge in [0.1, 0.15) is 0 Å². The van der Waals surface area contributed by atoms with Gasteiger partial charge in [-0.05, 0) is 5.41 Å². The van der Waals surface area contributed by atoms with Crippen molar-refractivity contribution in [3.05, 3.63) is 0 Å². The van der Waals surface area contributed by atoms with E-state index >= 15 is 0 Å². The van der Waals surface area contributed by atoms with Crippen LogP contribution in [0.4, 0.5) is 0 Å². The summed E-state index contributed by atoms with van der Waals surface area (Å²) in [6.45, 7) is 6.35. The first-order valence-corrected chi connectivity index (χ1v) is 3.12. The van der Waals surface area contributed by atoms with Gasteiger partial charge in [0.05, 0.1) is 0 Å². The molecule has 0 aromatic heterocycles. The van der Waals surface area contributed by atoms with Crippen LogP contribution in [0.3, 0.4) is 0 Å². The second-order valence-electron chi connectivity index (χ2n) is 2.89. The van der Waals surface area contributed by atoms with Crippen LogP contribution in [0.1, 0.15) is 20.8 Å². The largest absolute Gasteiger partial charge is 0.324 e. The summed E-state index contributed by atoms with van der Waals surface area (Å²) in [5.74, 6) is 0.215. The minimum absolute atomic E-state index is 0.215. The average Bonchev–Trinajstić information content (AvgIpc) is 1.31. The number of hydrogen-bond donors (Lipinski definition) is 1. The monoisotopic (exact) mass is 119 g/mol. The summed E-state index contributed by atoms with van der Waals surface area (Å²) in [6.07, 6.45) is 0. The Morgan fingerprint density at radius 3 is 1.57 bits per heavy atom. The molecule has 2 N–H and O–H groups in total. The first-order valence-electron chi connectivity index (χ1n) is 2.46. The van der Waals surface area contributed by atoms with Crippen LogP contribution in [0.25, 0.3) is 0 Å². The predicted octanol–water partition coefficient (Wildman–Crippen LogP) is 1.19. The van der Waals surface area contributed by atoms with Crippen LogP contribution in [0.15, 0.2) is 0 Å². The van der Waals surface area contributed by atoms with Crippen molar-refractivity contribution in [1.29, 1.82) is 0 Å². The molecule has 2 atom stereocenters. The molecule has 0 radical (unpaired) electrons. The fourth-order valence-electron chi connectivity index (χ4n) is 0. The third kappa shape index (κ3) is 3.02. The first-order chi connectivity index (χ1) is 2.94. The van der Waals surface area contributed by atoms with Crippen molar-refractivity contribution in [1.82, 2.24) is 0 Å². The molecule has 0 fully saturated rings. The Labute approximate surface area is 47.9 Å². The van der Waals surface area contributed by atoms with E-state index in [1.807, 2.05) is 0 Å². The van der Waals surface area contributed by atoms with E-state index < -0.39 is 0 Å². The smallest absolute Gasteiger partial charge is 0.0233 e. The zero-order valence-electron chi connectivity index (χ0n) is 5.23. The Morgan fingerprint density at radius 1 is 1.43 bits per heavy atom. The lowest BCUT2D eigenvalue weighted by molar-refractivity contribution is 0.400. The lowest BCUT2D eigenvalue weighted by Crippen LogP contribution is -2.28. The highest BCUT2D eigenvalue weighted by atomic mass is 31.0. The predicted molar refractivity (Wildman–Crippen MR) is 37.1 cm³/mol. The molecule has 0 aliphatic rings. The zero-order chi connectivity index (χ0) is 6.08. The lowest BCUT2D eigenvalue weighted by atomic mass is 9.97. The standard InChI is InChI=1S/C5H14NP/c1-5(2,3)4(6)7/h4H,6-7H2,1-3H3. The summed E-state index contributed by atoms with van der Waals surface area (Å²) in [4.78, 5) is 0. The molecule has 0 rings (SSSR count). The molecule has 0 aliphatic carbocycles. The van der Waals surface area contributed by atoms with Gasteiger partial charge in [-0.15, -0.1) is 9.24 Å². The van der Waals surface area contributed by atoms with Crippen molar-refractivity contribution < 1.29 is 0 Å². The summed E-state index contributed by atoms with van der Waals surface area (Å²) < 4.78 is 0. The van der Waals surface area contributed by atoms with E-state index in [0.29, 0.717) is 0 Å². The van der Waals surface area contributed by atoms with Crippen LogP contribution in [-0.2, 0) is 0 Å². The molecule has 2 heteroatoms. The second kappa shape index (κ2) is 2.11. The molecule has 0 aliphatic heterocycles. The fraction of sp³-hybridized carbons (Fsp3) is 1.00. The van der Waals surface area contributed by atoms with Gasteiger partial charge in [-0.1, -0.05) is 20.8 Å². The quantitative estimate of drug-likeness (QED) is 0.476. The molecule has 0 saturated heterocycles. The van der Waals surface area contributed by atoms with E-state index in [-0.39, 0.29) is 11.2 Å². The van der Waals surface area contributed by atoms with Gasteiger partial charge in [0.15, 0.2) is 0 Å². The van der Waals surface area contributed by atoms with Crippen LogP contribution >= 0.6 is 9.24 Å².